The third kappa shape index (κ3) is 4.69. The van der Waals surface area contributed by atoms with Crippen molar-refractivity contribution in [2.75, 3.05) is 20.4 Å². The molecule has 0 bridgehead atoms. The molecule has 8 heteroatoms. The summed E-state index contributed by atoms with van der Waals surface area (Å²) in [5, 5.41) is 0. The quantitative estimate of drug-likeness (QED) is 0.607. The van der Waals surface area contributed by atoms with Gasteiger partial charge in [0.05, 0.1) is 18.1 Å². The van der Waals surface area contributed by atoms with Crippen LogP contribution in [0.4, 0.5) is 0 Å². The Bertz CT molecular complexity index is 1090. The van der Waals surface area contributed by atoms with Crippen LogP contribution in [0.25, 0.3) is 11.0 Å². The number of para-hydroxylation sites is 2. The second kappa shape index (κ2) is 8.02. The average Bonchev–Trinajstić information content (AvgIpc) is 2.97. The molecule has 28 heavy (non-hydrogen) atoms. The largest absolute Gasteiger partial charge is 0.497 e. The van der Waals surface area contributed by atoms with Crippen LogP contribution in [0.1, 0.15) is 11.4 Å². The molecule has 0 radical (unpaired) electrons. The van der Waals surface area contributed by atoms with Gasteiger partial charge in [-0.1, -0.05) is 24.3 Å². The normalized spacial score (nSPS) is 11.5. The Morgan fingerprint density at radius 2 is 1.82 bits per heavy atom. The number of aromatic nitrogens is 2. The van der Waals surface area contributed by atoms with Gasteiger partial charge >= 0.3 is 0 Å². The van der Waals surface area contributed by atoms with Crippen LogP contribution in [-0.4, -0.2) is 49.2 Å². The van der Waals surface area contributed by atoms with Gasteiger partial charge in [-0.15, -0.1) is 0 Å². The molecule has 2 aromatic carbocycles. The number of benzene rings is 2. The average molecular weight is 401 g/mol. The van der Waals surface area contributed by atoms with Crippen LogP contribution in [0, 0.1) is 0 Å². The zero-order valence-electron chi connectivity index (χ0n) is 16.1. The fraction of sp³-hybridized carbons (Fsp3) is 0.300. The van der Waals surface area contributed by atoms with Gasteiger partial charge in [-0.05, 0) is 29.8 Å². The number of amides is 1. The summed E-state index contributed by atoms with van der Waals surface area (Å²) in [6, 6.07) is 14.8. The Labute approximate surface area is 164 Å². The zero-order valence-corrected chi connectivity index (χ0v) is 16.9. The number of imidazole rings is 1. The van der Waals surface area contributed by atoms with E-state index in [0.29, 0.717) is 17.9 Å². The van der Waals surface area contributed by atoms with E-state index in [1.165, 1.54) is 0 Å². The van der Waals surface area contributed by atoms with Gasteiger partial charge in [0.25, 0.3) is 0 Å². The minimum absolute atomic E-state index is 0.0258. The Morgan fingerprint density at radius 3 is 2.46 bits per heavy atom. The van der Waals surface area contributed by atoms with Crippen LogP contribution in [0.5, 0.6) is 5.75 Å². The van der Waals surface area contributed by atoms with E-state index in [2.05, 4.69) is 4.98 Å². The first-order valence-corrected chi connectivity index (χ1v) is 10.8. The molecule has 0 fully saturated rings. The summed E-state index contributed by atoms with van der Waals surface area (Å²) < 4.78 is 30.4. The van der Waals surface area contributed by atoms with Crippen molar-refractivity contribution < 1.29 is 17.9 Å². The first-order chi connectivity index (χ1) is 13.3. The highest BCUT2D eigenvalue weighted by atomic mass is 32.2. The number of carbonyl (C=O) groups excluding carboxylic acids is 1. The van der Waals surface area contributed by atoms with Gasteiger partial charge in [-0.3, -0.25) is 4.79 Å². The summed E-state index contributed by atoms with van der Waals surface area (Å²) in [7, 11) is 0.0508. The lowest BCUT2D eigenvalue weighted by Crippen LogP contribution is -2.30. The van der Waals surface area contributed by atoms with Crippen molar-refractivity contribution >= 4 is 26.8 Å². The number of fused-ring (bicyclic) bond motifs is 1. The fourth-order valence-corrected chi connectivity index (χ4v) is 3.68. The molecular formula is C20H23N3O4S. The predicted octanol–water partition coefficient (Wildman–Crippen LogP) is 2.25. The smallest absolute Gasteiger partial charge is 0.242 e. The number of rotatable bonds is 7. The molecule has 0 aliphatic rings. The van der Waals surface area contributed by atoms with Gasteiger partial charge < -0.3 is 14.2 Å². The Hall–Kier alpha value is -2.87. The van der Waals surface area contributed by atoms with Crippen LogP contribution in [0.15, 0.2) is 48.5 Å². The lowest BCUT2D eigenvalue weighted by atomic mass is 10.2. The third-order valence-electron chi connectivity index (χ3n) is 4.42. The maximum absolute atomic E-state index is 12.8. The first-order valence-electron chi connectivity index (χ1n) is 8.75. The number of hydrogen-bond donors (Lipinski definition) is 0. The number of hydrogen-bond acceptors (Lipinski definition) is 5. The molecule has 0 atom stereocenters. The van der Waals surface area contributed by atoms with Crippen molar-refractivity contribution in [3.8, 4) is 5.75 Å². The molecule has 3 aromatic rings. The molecule has 0 unspecified atom stereocenters. The Morgan fingerprint density at radius 1 is 1.14 bits per heavy atom. The van der Waals surface area contributed by atoms with Crippen LogP contribution < -0.4 is 4.74 Å². The van der Waals surface area contributed by atoms with E-state index in [1.807, 2.05) is 48.5 Å². The zero-order chi connectivity index (χ0) is 20.3. The third-order valence-corrected chi connectivity index (χ3v) is 5.21. The van der Waals surface area contributed by atoms with Crippen LogP contribution in [-0.2, 0) is 33.5 Å². The molecular weight excluding hydrogens is 378 g/mol. The van der Waals surface area contributed by atoms with Crippen molar-refractivity contribution in [3.63, 3.8) is 0 Å². The van der Waals surface area contributed by atoms with Crippen LogP contribution in [0.2, 0.25) is 0 Å². The van der Waals surface area contributed by atoms with Crippen molar-refractivity contribution in [1.82, 2.24) is 14.5 Å². The van der Waals surface area contributed by atoms with Gasteiger partial charge in [0.2, 0.25) is 5.91 Å². The van der Waals surface area contributed by atoms with Gasteiger partial charge in [0.1, 0.15) is 23.9 Å². The topological polar surface area (TPSA) is 81.5 Å². The minimum atomic E-state index is -3.28. The van der Waals surface area contributed by atoms with Gasteiger partial charge in [0.15, 0.2) is 9.84 Å². The molecule has 3 rings (SSSR count). The summed E-state index contributed by atoms with van der Waals surface area (Å²) in [6.07, 6.45) is 1.16. The number of methoxy groups -OCH3 is 1. The first kappa shape index (κ1) is 19.9. The lowest BCUT2D eigenvalue weighted by molar-refractivity contribution is -0.131. The van der Waals surface area contributed by atoms with Gasteiger partial charge in [0, 0.05) is 19.8 Å². The summed E-state index contributed by atoms with van der Waals surface area (Å²) in [6.45, 7) is 0.467. The maximum atomic E-state index is 12.8. The molecule has 0 aliphatic heterocycles. The van der Waals surface area contributed by atoms with E-state index in [4.69, 9.17) is 4.74 Å². The van der Waals surface area contributed by atoms with Gasteiger partial charge in [-0.2, -0.15) is 0 Å². The molecule has 148 valence electrons. The summed E-state index contributed by atoms with van der Waals surface area (Å²) in [5.74, 6) is 0.786. The fourth-order valence-electron chi connectivity index (χ4n) is 3.00. The number of carbonyl (C=O) groups is 1. The number of likely N-dealkylation sites (N-methyl/N-ethyl adjacent to an activating group) is 1. The highest BCUT2D eigenvalue weighted by Crippen LogP contribution is 2.18. The molecule has 0 N–H and O–H groups in total. The van der Waals surface area contributed by atoms with E-state index < -0.39 is 9.84 Å². The minimum Gasteiger partial charge on any atom is -0.497 e. The maximum Gasteiger partial charge on any atom is 0.242 e. The Balaban J connectivity index is 1.82. The second-order valence-corrected chi connectivity index (χ2v) is 8.91. The Kier molecular flexibility index (Phi) is 5.69. The molecule has 0 aliphatic carbocycles. The highest BCUT2D eigenvalue weighted by Gasteiger charge is 2.19. The van der Waals surface area contributed by atoms with Crippen LogP contribution in [0.3, 0.4) is 0 Å². The molecule has 7 nitrogen and oxygen atoms in total. The lowest BCUT2D eigenvalue weighted by Gasteiger charge is -2.19. The van der Waals surface area contributed by atoms with Crippen molar-refractivity contribution in [1.29, 1.82) is 0 Å². The van der Waals surface area contributed by atoms with Crippen molar-refractivity contribution in [3.05, 3.63) is 59.9 Å². The standard InChI is InChI=1S/C20H23N3O4S/c1-22(12-15-8-10-16(27-2)11-9-15)20(24)13-23-18-7-5-4-6-17(18)21-19(23)14-28(3,25)26/h4-11H,12-14H2,1-3H3. The van der Waals surface area contributed by atoms with Gasteiger partial charge in [-0.25, -0.2) is 13.4 Å². The molecule has 1 aromatic heterocycles. The van der Waals surface area contributed by atoms with E-state index in [0.717, 1.165) is 23.1 Å². The number of ether oxygens (including phenoxy) is 1. The molecule has 0 saturated carbocycles. The van der Waals surface area contributed by atoms with Crippen molar-refractivity contribution in [2.24, 2.45) is 0 Å². The van der Waals surface area contributed by atoms with E-state index in [-0.39, 0.29) is 18.2 Å². The SMILES string of the molecule is COc1ccc(CN(C)C(=O)Cn2c(CS(C)(=O)=O)nc3ccccc32)cc1. The molecule has 1 heterocycles. The molecule has 1 amide bonds. The summed E-state index contributed by atoms with van der Waals surface area (Å²) in [4.78, 5) is 18.8. The van der Waals surface area contributed by atoms with E-state index in [9.17, 15) is 13.2 Å². The van der Waals surface area contributed by atoms with E-state index in [1.54, 1.807) is 23.6 Å². The molecule has 0 spiro atoms. The number of sulfone groups is 1. The second-order valence-electron chi connectivity index (χ2n) is 6.77. The monoisotopic (exact) mass is 401 g/mol. The van der Waals surface area contributed by atoms with Crippen LogP contribution >= 0.6 is 0 Å². The summed E-state index contributed by atoms with van der Waals surface area (Å²) >= 11 is 0. The predicted molar refractivity (Wildman–Crippen MR) is 108 cm³/mol. The highest BCUT2D eigenvalue weighted by molar-refractivity contribution is 7.89. The van der Waals surface area contributed by atoms with E-state index >= 15 is 0 Å². The number of nitrogens with zero attached hydrogens (tertiary/aromatic N) is 3. The summed E-state index contributed by atoms with van der Waals surface area (Å²) in [5.41, 5.74) is 2.39. The van der Waals surface area contributed by atoms with Crippen molar-refractivity contribution in [2.45, 2.75) is 18.8 Å². The molecule has 0 saturated heterocycles.